The Morgan fingerprint density at radius 2 is 1.16 bits per heavy atom. The van der Waals surface area contributed by atoms with Gasteiger partial charge < -0.3 is 9.47 Å². The molecule has 1 fully saturated rings. The predicted molar refractivity (Wildman–Crippen MR) is 109 cm³/mol. The van der Waals surface area contributed by atoms with Gasteiger partial charge in [-0.3, -0.25) is 0 Å². The molecule has 1 aliphatic heterocycles. The average molecular weight is 345 g/mol. The molecule has 1 aliphatic rings. The van der Waals surface area contributed by atoms with Crippen LogP contribution < -0.4 is 0 Å². The van der Waals surface area contributed by atoms with Crippen molar-refractivity contribution in [1.82, 2.24) is 0 Å². The molecule has 0 amide bonds. The normalized spacial score (nSPS) is 17.3. The van der Waals surface area contributed by atoms with E-state index in [1.807, 2.05) is 0 Å². The van der Waals surface area contributed by atoms with E-state index >= 15 is 0 Å². The molecule has 2 heteroatoms. The zero-order valence-electron chi connectivity index (χ0n) is 15.9. The largest absolute Gasteiger partial charge is 0.353 e. The zero-order chi connectivity index (χ0) is 17.8. The van der Waals surface area contributed by atoms with Crippen LogP contribution in [0, 0.1) is 0 Å². The highest BCUT2D eigenvalue weighted by molar-refractivity contribution is 5.00. The van der Waals surface area contributed by atoms with Crippen molar-refractivity contribution in [3.05, 3.63) is 60.8 Å². The van der Waals surface area contributed by atoms with Crippen LogP contribution in [0.3, 0.4) is 0 Å². The lowest BCUT2D eigenvalue weighted by Crippen LogP contribution is -2.24. The minimum Gasteiger partial charge on any atom is -0.353 e. The summed E-state index contributed by atoms with van der Waals surface area (Å²) in [5.41, 5.74) is 0. The molecular formula is C23H36O2. The van der Waals surface area contributed by atoms with Crippen molar-refractivity contribution in [1.29, 1.82) is 0 Å². The third kappa shape index (κ3) is 14.7. The Morgan fingerprint density at radius 3 is 1.68 bits per heavy atom. The van der Waals surface area contributed by atoms with Gasteiger partial charge in [0, 0.05) is 0 Å². The molecule has 0 N–H and O–H groups in total. The summed E-state index contributed by atoms with van der Waals surface area (Å²) < 4.78 is 11.1. The number of hydrogen-bond acceptors (Lipinski definition) is 2. The van der Waals surface area contributed by atoms with Crippen LogP contribution in [0.5, 0.6) is 0 Å². The first-order valence-electron chi connectivity index (χ1n) is 9.91. The van der Waals surface area contributed by atoms with Gasteiger partial charge in [-0.1, -0.05) is 67.7 Å². The molecule has 0 aromatic carbocycles. The van der Waals surface area contributed by atoms with E-state index in [-0.39, 0.29) is 6.29 Å². The summed E-state index contributed by atoms with van der Waals surface area (Å²) in [6.45, 7) is 3.87. The lowest BCUT2D eigenvalue weighted by atomic mass is 10.2. The van der Waals surface area contributed by atoms with E-state index in [0.717, 1.165) is 71.0 Å². The van der Waals surface area contributed by atoms with Gasteiger partial charge in [0.25, 0.3) is 0 Å². The highest BCUT2D eigenvalue weighted by Crippen LogP contribution is 2.12. The number of allylic oxidation sites excluding steroid dienone is 10. The fraction of sp³-hybridized carbons (Fsp3) is 0.565. The quantitative estimate of drug-likeness (QED) is 0.274. The topological polar surface area (TPSA) is 18.5 Å². The standard InChI is InChI=1S/C23H36O2/c1-2-3-4-5-6-7-8-9-10-11-12-13-14-15-16-17-18-20-23-24-21-19-22-25-23/h3-4,6-7,9-10,12-13,15-16,23H,2,5,8,11,14,17-22H2,1H3/b4-3-,7-6-,10-9-,13-12-,16-15-. The monoisotopic (exact) mass is 344 g/mol. The van der Waals surface area contributed by atoms with Crippen molar-refractivity contribution >= 4 is 0 Å². The average Bonchev–Trinajstić information content (AvgIpc) is 2.65. The Kier molecular flexibility index (Phi) is 15.1. The summed E-state index contributed by atoms with van der Waals surface area (Å²) in [4.78, 5) is 0. The molecule has 0 saturated carbocycles. The first-order valence-corrected chi connectivity index (χ1v) is 9.91. The number of rotatable bonds is 13. The van der Waals surface area contributed by atoms with E-state index in [1.54, 1.807) is 0 Å². The van der Waals surface area contributed by atoms with E-state index in [9.17, 15) is 0 Å². The van der Waals surface area contributed by atoms with Gasteiger partial charge in [-0.25, -0.2) is 0 Å². The van der Waals surface area contributed by atoms with Crippen molar-refractivity contribution in [2.45, 2.75) is 71.0 Å². The molecule has 0 radical (unpaired) electrons. The van der Waals surface area contributed by atoms with Gasteiger partial charge in [-0.2, -0.15) is 0 Å². The maximum Gasteiger partial charge on any atom is 0.157 e. The van der Waals surface area contributed by atoms with Crippen molar-refractivity contribution in [3.63, 3.8) is 0 Å². The van der Waals surface area contributed by atoms with Crippen LogP contribution in [0.4, 0.5) is 0 Å². The van der Waals surface area contributed by atoms with Crippen molar-refractivity contribution in [3.8, 4) is 0 Å². The van der Waals surface area contributed by atoms with E-state index in [0.29, 0.717) is 0 Å². The molecule has 0 unspecified atom stereocenters. The van der Waals surface area contributed by atoms with Gasteiger partial charge in [-0.15, -0.1) is 0 Å². The lowest BCUT2D eigenvalue weighted by molar-refractivity contribution is -0.181. The second-order valence-corrected chi connectivity index (χ2v) is 6.16. The second-order valence-electron chi connectivity index (χ2n) is 6.16. The minimum absolute atomic E-state index is 0.0384. The Morgan fingerprint density at radius 1 is 0.680 bits per heavy atom. The predicted octanol–water partition coefficient (Wildman–Crippen LogP) is 6.67. The smallest absolute Gasteiger partial charge is 0.157 e. The van der Waals surface area contributed by atoms with Gasteiger partial charge in [-0.05, 0) is 57.8 Å². The van der Waals surface area contributed by atoms with Crippen LogP contribution in [-0.2, 0) is 9.47 Å². The van der Waals surface area contributed by atoms with Crippen LogP contribution in [0.25, 0.3) is 0 Å². The van der Waals surface area contributed by atoms with Crippen molar-refractivity contribution in [2.75, 3.05) is 13.2 Å². The Bertz CT molecular complexity index is 423. The minimum atomic E-state index is 0.0384. The van der Waals surface area contributed by atoms with E-state index in [2.05, 4.69) is 67.7 Å². The SMILES string of the molecule is CC/C=C\C/C=C\C/C=C\C/C=C\C/C=C\CCCC1OCCCO1. The van der Waals surface area contributed by atoms with Crippen molar-refractivity contribution < 1.29 is 9.47 Å². The molecular weight excluding hydrogens is 308 g/mol. The summed E-state index contributed by atoms with van der Waals surface area (Å²) >= 11 is 0. The van der Waals surface area contributed by atoms with E-state index in [4.69, 9.17) is 9.47 Å². The third-order valence-corrected chi connectivity index (χ3v) is 3.86. The van der Waals surface area contributed by atoms with Crippen LogP contribution in [0.1, 0.15) is 64.7 Å². The Labute approximate surface area is 155 Å². The highest BCUT2D eigenvalue weighted by atomic mass is 16.7. The van der Waals surface area contributed by atoms with E-state index < -0.39 is 0 Å². The van der Waals surface area contributed by atoms with Crippen molar-refractivity contribution in [2.24, 2.45) is 0 Å². The molecule has 1 heterocycles. The number of hydrogen-bond donors (Lipinski definition) is 0. The van der Waals surface area contributed by atoms with Gasteiger partial charge in [0.05, 0.1) is 13.2 Å². The van der Waals surface area contributed by atoms with Gasteiger partial charge >= 0.3 is 0 Å². The molecule has 2 nitrogen and oxygen atoms in total. The molecule has 1 rings (SSSR count). The van der Waals surface area contributed by atoms with Crippen LogP contribution in [-0.4, -0.2) is 19.5 Å². The Balaban J connectivity index is 1.90. The molecule has 0 aromatic rings. The first kappa shape index (κ1) is 21.7. The third-order valence-electron chi connectivity index (χ3n) is 3.86. The van der Waals surface area contributed by atoms with Crippen LogP contribution in [0.15, 0.2) is 60.8 Å². The van der Waals surface area contributed by atoms with Gasteiger partial charge in [0.2, 0.25) is 0 Å². The van der Waals surface area contributed by atoms with Crippen LogP contribution in [0.2, 0.25) is 0 Å². The molecule has 0 bridgehead atoms. The maximum absolute atomic E-state index is 5.54. The maximum atomic E-state index is 5.54. The fourth-order valence-electron chi connectivity index (χ4n) is 2.47. The summed E-state index contributed by atoms with van der Waals surface area (Å²) in [6, 6.07) is 0. The summed E-state index contributed by atoms with van der Waals surface area (Å²) in [5, 5.41) is 0. The summed E-state index contributed by atoms with van der Waals surface area (Å²) in [5.74, 6) is 0. The van der Waals surface area contributed by atoms with Gasteiger partial charge in [0.1, 0.15) is 0 Å². The second kappa shape index (κ2) is 17.4. The number of ether oxygens (including phenoxy) is 2. The molecule has 25 heavy (non-hydrogen) atoms. The molecule has 0 spiro atoms. The molecule has 140 valence electrons. The lowest BCUT2D eigenvalue weighted by Gasteiger charge is -2.22. The fourth-order valence-corrected chi connectivity index (χ4v) is 2.47. The Hall–Kier alpha value is -1.38. The van der Waals surface area contributed by atoms with E-state index in [1.165, 1.54) is 0 Å². The van der Waals surface area contributed by atoms with Gasteiger partial charge in [0.15, 0.2) is 6.29 Å². The summed E-state index contributed by atoms with van der Waals surface area (Å²) in [6.07, 6.45) is 31.9. The molecule has 0 aromatic heterocycles. The molecule has 0 atom stereocenters. The zero-order valence-corrected chi connectivity index (χ0v) is 15.9. The van der Waals surface area contributed by atoms with Crippen LogP contribution >= 0.6 is 0 Å². The first-order chi connectivity index (χ1) is 12.4. The highest BCUT2D eigenvalue weighted by Gasteiger charge is 2.12. The molecule has 1 saturated heterocycles. The molecule has 0 aliphatic carbocycles. The number of unbranched alkanes of at least 4 members (excludes halogenated alkanes) is 1. The summed E-state index contributed by atoms with van der Waals surface area (Å²) in [7, 11) is 0.